The summed E-state index contributed by atoms with van der Waals surface area (Å²) < 4.78 is 0. The second-order valence-corrected chi connectivity index (χ2v) is 8.68. The molecule has 138 valence electrons. The van der Waals surface area contributed by atoms with Gasteiger partial charge in [-0.25, -0.2) is 0 Å². The van der Waals surface area contributed by atoms with Gasteiger partial charge in [0.25, 0.3) is 0 Å². The van der Waals surface area contributed by atoms with Gasteiger partial charge in [-0.2, -0.15) is 0 Å². The monoisotopic (exact) mass is 322 g/mol. The van der Waals surface area contributed by atoms with E-state index in [4.69, 9.17) is 0 Å². The van der Waals surface area contributed by atoms with Gasteiger partial charge in [0.1, 0.15) is 0 Å². The Morgan fingerprint density at radius 3 is 1.70 bits per heavy atom. The minimum Gasteiger partial charge on any atom is -0.0654 e. The van der Waals surface area contributed by atoms with E-state index in [1.807, 2.05) is 0 Å². The molecule has 2 unspecified atom stereocenters. The van der Waals surface area contributed by atoms with E-state index in [0.29, 0.717) is 5.41 Å². The molecule has 2 atom stereocenters. The molecule has 0 radical (unpaired) electrons. The summed E-state index contributed by atoms with van der Waals surface area (Å²) in [5, 5.41) is 0. The number of unbranched alkanes of at least 4 members (excludes halogenated alkanes) is 8. The topological polar surface area (TPSA) is 0 Å². The summed E-state index contributed by atoms with van der Waals surface area (Å²) in [6.07, 6.45) is 23.6. The molecule has 0 saturated heterocycles. The lowest BCUT2D eigenvalue weighted by Crippen LogP contribution is -2.36. The maximum absolute atomic E-state index is 2.52. The van der Waals surface area contributed by atoms with Gasteiger partial charge >= 0.3 is 0 Å². The van der Waals surface area contributed by atoms with Crippen LogP contribution in [0.15, 0.2) is 0 Å². The van der Waals surface area contributed by atoms with E-state index in [1.165, 1.54) is 103 Å². The summed E-state index contributed by atoms with van der Waals surface area (Å²) in [7, 11) is 0. The smallest absolute Gasteiger partial charge is 0.0267 e. The number of rotatable bonds is 13. The maximum atomic E-state index is 2.52. The van der Waals surface area contributed by atoms with Crippen molar-refractivity contribution >= 4 is 0 Å². The summed E-state index contributed by atoms with van der Waals surface area (Å²) in [6.45, 7) is 9.64. The van der Waals surface area contributed by atoms with Crippen LogP contribution in [0.25, 0.3) is 0 Å². The third kappa shape index (κ3) is 7.61. The molecule has 0 bridgehead atoms. The highest BCUT2D eigenvalue weighted by atomic mass is 14.5. The highest BCUT2D eigenvalue weighted by molar-refractivity contribution is 4.91. The first-order valence-corrected chi connectivity index (χ1v) is 11.2. The largest absolute Gasteiger partial charge is 0.0654 e. The van der Waals surface area contributed by atoms with Crippen LogP contribution >= 0.6 is 0 Å². The van der Waals surface area contributed by atoms with E-state index in [1.54, 1.807) is 0 Å². The van der Waals surface area contributed by atoms with Crippen LogP contribution in [0.4, 0.5) is 0 Å². The van der Waals surface area contributed by atoms with Crippen molar-refractivity contribution in [1.82, 2.24) is 0 Å². The Balaban J connectivity index is 2.53. The Morgan fingerprint density at radius 2 is 1.22 bits per heavy atom. The Bertz CT molecular complexity index is 253. The molecule has 1 saturated carbocycles. The lowest BCUT2D eigenvalue weighted by atomic mass is 9.58. The quantitative estimate of drug-likeness (QED) is 0.298. The zero-order valence-corrected chi connectivity index (χ0v) is 17.0. The van der Waals surface area contributed by atoms with Crippen molar-refractivity contribution in [3.05, 3.63) is 0 Å². The van der Waals surface area contributed by atoms with Crippen molar-refractivity contribution in [2.75, 3.05) is 0 Å². The fourth-order valence-electron chi connectivity index (χ4n) is 5.29. The van der Waals surface area contributed by atoms with Crippen LogP contribution in [0.2, 0.25) is 0 Å². The highest BCUT2D eigenvalue weighted by Crippen LogP contribution is 2.51. The molecule has 0 aromatic carbocycles. The van der Waals surface area contributed by atoms with Gasteiger partial charge < -0.3 is 0 Å². The van der Waals surface area contributed by atoms with Crippen LogP contribution in [0.3, 0.4) is 0 Å². The van der Waals surface area contributed by atoms with Crippen LogP contribution < -0.4 is 0 Å². The zero-order chi connectivity index (χ0) is 17.0. The van der Waals surface area contributed by atoms with Crippen LogP contribution in [0.1, 0.15) is 130 Å². The molecular formula is C23H46. The average Bonchev–Trinajstić information content (AvgIpc) is 2.55. The second kappa shape index (κ2) is 12.4. The van der Waals surface area contributed by atoms with Crippen molar-refractivity contribution in [2.45, 2.75) is 130 Å². The molecule has 1 fully saturated rings. The van der Waals surface area contributed by atoms with Gasteiger partial charge in [0, 0.05) is 0 Å². The SMILES string of the molecule is CCCCCCCC1(CCCCCCC)CC(C)CCC1CC. The second-order valence-electron chi connectivity index (χ2n) is 8.68. The van der Waals surface area contributed by atoms with E-state index >= 15 is 0 Å². The molecule has 23 heavy (non-hydrogen) atoms. The first-order chi connectivity index (χ1) is 11.2. The third-order valence-corrected chi connectivity index (χ3v) is 6.68. The fraction of sp³-hybridized carbons (Fsp3) is 1.00. The first kappa shape index (κ1) is 21.0. The van der Waals surface area contributed by atoms with E-state index in [-0.39, 0.29) is 0 Å². The average molecular weight is 323 g/mol. The van der Waals surface area contributed by atoms with Gasteiger partial charge in [0.2, 0.25) is 0 Å². The molecule has 0 aromatic rings. The van der Waals surface area contributed by atoms with Crippen molar-refractivity contribution in [1.29, 1.82) is 0 Å². The van der Waals surface area contributed by atoms with Crippen molar-refractivity contribution in [3.8, 4) is 0 Å². The van der Waals surface area contributed by atoms with E-state index in [0.717, 1.165) is 11.8 Å². The van der Waals surface area contributed by atoms with E-state index < -0.39 is 0 Å². The molecule has 1 rings (SSSR count). The van der Waals surface area contributed by atoms with Gasteiger partial charge in [-0.1, -0.05) is 105 Å². The van der Waals surface area contributed by atoms with E-state index in [9.17, 15) is 0 Å². The summed E-state index contributed by atoms with van der Waals surface area (Å²) in [5.41, 5.74) is 0.713. The molecule has 0 nitrogen and oxygen atoms in total. The Kier molecular flexibility index (Phi) is 11.3. The van der Waals surface area contributed by atoms with Gasteiger partial charge in [-0.3, -0.25) is 0 Å². The van der Waals surface area contributed by atoms with Crippen molar-refractivity contribution in [2.24, 2.45) is 17.3 Å². The summed E-state index contributed by atoms with van der Waals surface area (Å²) in [6, 6.07) is 0. The Morgan fingerprint density at radius 1 is 0.696 bits per heavy atom. The maximum Gasteiger partial charge on any atom is -0.0267 e. The predicted molar refractivity (Wildman–Crippen MR) is 106 cm³/mol. The zero-order valence-electron chi connectivity index (χ0n) is 17.0. The molecule has 0 heterocycles. The minimum absolute atomic E-state index is 0.713. The minimum atomic E-state index is 0.713. The van der Waals surface area contributed by atoms with Crippen molar-refractivity contribution < 1.29 is 0 Å². The molecule has 1 aliphatic rings. The summed E-state index contributed by atoms with van der Waals surface area (Å²) in [5.74, 6) is 2.00. The van der Waals surface area contributed by atoms with Crippen LogP contribution in [0, 0.1) is 17.3 Å². The highest BCUT2D eigenvalue weighted by Gasteiger charge is 2.40. The Labute approximate surface area is 148 Å². The number of hydrogen-bond acceptors (Lipinski definition) is 0. The Hall–Kier alpha value is 0. The van der Waals surface area contributed by atoms with Crippen LogP contribution in [-0.2, 0) is 0 Å². The molecular weight excluding hydrogens is 276 g/mol. The summed E-state index contributed by atoms with van der Waals surface area (Å²) in [4.78, 5) is 0. The number of hydrogen-bond donors (Lipinski definition) is 0. The van der Waals surface area contributed by atoms with Gasteiger partial charge in [0.15, 0.2) is 0 Å². The molecule has 0 aliphatic heterocycles. The fourth-order valence-corrected chi connectivity index (χ4v) is 5.29. The predicted octanol–water partition coefficient (Wildman–Crippen LogP) is 8.54. The lowest BCUT2D eigenvalue weighted by molar-refractivity contribution is 0.0357. The standard InChI is InChI=1S/C23H46/c1-5-8-10-12-14-18-23(19-15-13-11-9-6-2)20-21(4)16-17-22(23)7-3/h21-22H,5-20H2,1-4H3. The third-order valence-electron chi connectivity index (χ3n) is 6.68. The van der Waals surface area contributed by atoms with Crippen LogP contribution in [-0.4, -0.2) is 0 Å². The first-order valence-electron chi connectivity index (χ1n) is 11.2. The normalized spacial score (nSPS) is 24.0. The van der Waals surface area contributed by atoms with Crippen molar-refractivity contribution in [3.63, 3.8) is 0 Å². The molecule has 0 amide bonds. The lowest BCUT2D eigenvalue weighted by Gasteiger charge is -2.47. The molecule has 1 aliphatic carbocycles. The molecule has 0 heteroatoms. The molecule has 0 aromatic heterocycles. The van der Waals surface area contributed by atoms with Crippen LogP contribution in [0.5, 0.6) is 0 Å². The summed E-state index contributed by atoms with van der Waals surface area (Å²) >= 11 is 0. The van der Waals surface area contributed by atoms with Gasteiger partial charge in [-0.05, 0) is 42.9 Å². The van der Waals surface area contributed by atoms with Gasteiger partial charge in [-0.15, -0.1) is 0 Å². The van der Waals surface area contributed by atoms with Gasteiger partial charge in [0.05, 0.1) is 0 Å². The molecule has 0 spiro atoms. The molecule has 0 N–H and O–H groups in total. The van der Waals surface area contributed by atoms with E-state index in [2.05, 4.69) is 27.7 Å².